The fourth-order valence-corrected chi connectivity index (χ4v) is 4.20. The molecule has 35 heavy (non-hydrogen) atoms. The number of nitrogens with one attached hydrogen (secondary N) is 1. The zero-order valence-corrected chi connectivity index (χ0v) is 21.4. The number of anilines is 1. The smallest absolute Gasteiger partial charge is 0.392 e. The van der Waals surface area contributed by atoms with Crippen LogP contribution in [0.1, 0.15) is 57.6 Å². The van der Waals surface area contributed by atoms with Crippen molar-refractivity contribution in [1.29, 1.82) is 0 Å². The van der Waals surface area contributed by atoms with Crippen LogP contribution in [0, 0.1) is 11.3 Å². The van der Waals surface area contributed by atoms with E-state index in [9.17, 15) is 22.8 Å². The Morgan fingerprint density at radius 1 is 1.06 bits per heavy atom. The number of amides is 1. The van der Waals surface area contributed by atoms with E-state index in [1.54, 1.807) is 32.9 Å². The number of hydrogen-bond acceptors (Lipinski definition) is 3. The summed E-state index contributed by atoms with van der Waals surface area (Å²) < 4.78 is 46.3. The molecule has 0 saturated heterocycles. The minimum Gasteiger partial charge on any atom is -0.460 e. The standard InChI is InChI=1S/C26H28Cl2F3NO3/c1-15(26(29,30)31)21(16-5-7-18(27)8-6-16)22(33)32-19-9-10-20(28)17(13-19)14-25(11-12-25)23(34)35-24(2,3)4/h5-10,13,15,21H,11-12,14H2,1-4H3,(H,32,33)/t15-,21+/m1/s1. The van der Waals surface area contributed by atoms with E-state index in [2.05, 4.69) is 5.32 Å². The molecule has 2 aromatic carbocycles. The number of hydrogen-bond donors (Lipinski definition) is 1. The van der Waals surface area contributed by atoms with Gasteiger partial charge in [-0.1, -0.05) is 42.3 Å². The van der Waals surface area contributed by atoms with Gasteiger partial charge in [0.1, 0.15) is 5.60 Å². The molecule has 2 atom stereocenters. The molecule has 0 bridgehead atoms. The van der Waals surface area contributed by atoms with Crippen LogP contribution in [0.15, 0.2) is 42.5 Å². The van der Waals surface area contributed by atoms with Gasteiger partial charge in [-0.05, 0) is 81.5 Å². The molecule has 1 aliphatic rings. The highest BCUT2D eigenvalue weighted by Gasteiger charge is 2.52. The maximum atomic E-state index is 13.6. The summed E-state index contributed by atoms with van der Waals surface area (Å²) in [6, 6.07) is 10.4. The number of ether oxygens (including phenoxy) is 1. The van der Waals surface area contributed by atoms with Crippen molar-refractivity contribution < 1.29 is 27.5 Å². The van der Waals surface area contributed by atoms with Gasteiger partial charge in [-0.15, -0.1) is 0 Å². The topological polar surface area (TPSA) is 55.4 Å². The number of esters is 1. The van der Waals surface area contributed by atoms with E-state index in [4.69, 9.17) is 27.9 Å². The van der Waals surface area contributed by atoms with Gasteiger partial charge in [0.15, 0.2) is 0 Å². The Labute approximate surface area is 213 Å². The summed E-state index contributed by atoms with van der Waals surface area (Å²) in [6.45, 7) is 6.36. The van der Waals surface area contributed by atoms with Crippen molar-refractivity contribution in [3.63, 3.8) is 0 Å². The number of rotatable bonds is 7. The summed E-state index contributed by atoms with van der Waals surface area (Å²) in [5, 5.41) is 3.36. The number of alkyl halides is 3. The molecule has 0 spiro atoms. The Hall–Kier alpha value is -2.25. The quantitative estimate of drug-likeness (QED) is 0.376. The first-order chi connectivity index (χ1) is 16.1. The first kappa shape index (κ1) is 27.3. The summed E-state index contributed by atoms with van der Waals surface area (Å²) in [6.07, 6.45) is -2.98. The molecule has 1 aliphatic carbocycles. The zero-order chi connectivity index (χ0) is 26.2. The molecule has 9 heteroatoms. The summed E-state index contributed by atoms with van der Waals surface area (Å²) >= 11 is 12.2. The van der Waals surface area contributed by atoms with Gasteiger partial charge in [-0.2, -0.15) is 13.2 Å². The Bertz CT molecular complexity index is 1090. The molecule has 0 unspecified atom stereocenters. The Balaban J connectivity index is 1.84. The van der Waals surface area contributed by atoms with Crippen LogP contribution in [0.3, 0.4) is 0 Å². The second kappa shape index (κ2) is 10.0. The molecule has 1 fully saturated rings. The third-order valence-electron chi connectivity index (χ3n) is 6.06. The molecule has 4 nitrogen and oxygen atoms in total. The SMILES string of the molecule is C[C@H]([C@H](C(=O)Nc1ccc(Cl)c(CC2(C(=O)OC(C)(C)C)CC2)c1)c1ccc(Cl)cc1)C(F)(F)F. The molecule has 1 amide bonds. The molecule has 0 heterocycles. The lowest BCUT2D eigenvalue weighted by Crippen LogP contribution is -2.34. The van der Waals surface area contributed by atoms with Crippen LogP contribution in [0.4, 0.5) is 18.9 Å². The van der Waals surface area contributed by atoms with Crippen molar-refractivity contribution in [1.82, 2.24) is 0 Å². The monoisotopic (exact) mass is 529 g/mol. The molecule has 3 rings (SSSR count). The maximum absolute atomic E-state index is 13.6. The molecule has 190 valence electrons. The predicted molar refractivity (Wildman–Crippen MR) is 131 cm³/mol. The van der Waals surface area contributed by atoms with Crippen LogP contribution in [0.5, 0.6) is 0 Å². The van der Waals surface area contributed by atoms with Crippen LogP contribution >= 0.6 is 23.2 Å². The highest BCUT2D eigenvalue weighted by Crippen LogP contribution is 2.51. The average Bonchev–Trinajstić information content (AvgIpc) is 3.51. The summed E-state index contributed by atoms with van der Waals surface area (Å²) in [5.41, 5.74) is -0.204. The van der Waals surface area contributed by atoms with Crippen LogP contribution < -0.4 is 5.32 Å². The van der Waals surface area contributed by atoms with Crippen LogP contribution in [0.25, 0.3) is 0 Å². The molecule has 0 aliphatic heterocycles. The van der Waals surface area contributed by atoms with E-state index in [1.165, 1.54) is 30.3 Å². The largest absolute Gasteiger partial charge is 0.460 e. The van der Waals surface area contributed by atoms with Gasteiger partial charge in [-0.3, -0.25) is 9.59 Å². The fraction of sp³-hybridized carbons (Fsp3) is 0.462. The van der Waals surface area contributed by atoms with Crippen LogP contribution in [0.2, 0.25) is 10.0 Å². The Morgan fingerprint density at radius 3 is 2.17 bits per heavy atom. The Kier molecular flexibility index (Phi) is 7.82. The lowest BCUT2D eigenvalue weighted by molar-refractivity contribution is -0.178. The van der Waals surface area contributed by atoms with Gasteiger partial charge >= 0.3 is 12.1 Å². The third kappa shape index (κ3) is 6.91. The summed E-state index contributed by atoms with van der Waals surface area (Å²) in [5.74, 6) is -4.53. The second-order valence-electron chi connectivity index (χ2n) is 10.1. The van der Waals surface area contributed by atoms with Gasteiger partial charge < -0.3 is 10.1 Å². The Morgan fingerprint density at radius 2 is 1.66 bits per heavy atom. The van der Waals surface area contributed by atoms with E-state index in [1.807, 2.05) is 0 Å². The third-order valence-corrected chi connectivity index (χ3v) is 6.68. The predicted octanol–water partition coefficient (Wildman–Crippen LogP) is 7.58. The number of halogens is 5. The van der Waals surface area contributed by atoms with Crippen LogP contribution in [-0.4, -0.2) is 23.7 Å². The van der Waals surface area contributed by atoms with Gasteiger partial charge in [0.2, 0.25) is 5.91 Å². The van der Waals surface area contributed by atoms with Crippen molar-refractivity contribution in [2.75, 3.05) is 5.32 Å². The van der Waals surface area contributed by atoms with E-state index >= 15 is 0 Å². The van der Waals surface area contributed by atoms with Crippen molar-refractivity contribution >= 4 is 40.8 Å². The fourth-order valence-electron chi connectivity index (χ4n) is 3.89. The van der Waals surface area contributed by atoms with Gasteiger partial charge in [0, 0.05) is 15.7 Å². The molecule has 0 aromatic heterocycles. The highest BCUT2D eigenvalue weighted by atomic mass is 35.5. The lowest BCUT2D eigenvalue weighted by Gasteiger charge is -2.26. The van der Waals surface area contributed by atoms with Crippen molar-refractivity contribution in [3.8, 4) is 0 Å². The lowest BCUT2D eigenvalue weighted by atomic mass is 9.85. The van der Waals surface area contributed by atoms with Crippen molar-refractivity contribution in [3.05, 3.63) is 63.6 Å². The minimum absolute atomic E-state index is 0.202. The highest BCUT2D eigenvalue weighted by molar-refractivity contribution is 6.31. The van der Waals surface area contributed by atoms with E-state index in [-0.39, 0.29) is 11.5 Å². The first-order valence-corrected chi connectivity index (χ1v) is 12.0. The summed E-state index contributed by atoms with van der Waals surface area (Å²) in [4.78, 5) is 25.8. The molecule has 1 N–H and O–H groups in total. The molecule has 1 saturated carbocycles. The van der Waals surface area contributed by atoms with Crippen LogP contribution in [-0.2, 0) is 20.7 Å². The molecule has 2 aromatic rings. The van der Waals surface area contributed by atoms with Gasteiger partial charge in [0.05, 0.1) is 17.3 Å². The summed E-state index contributed by atoms with van der Waals surface area (Å²) in [7, 11) is 0. The molecule has 0 radical (unpaired) electrons. The van der Waals surface area contributed by atoms with E-state index < -0.39 is 34.9 Å². The molecular formula is C26H28Cl2F3NO3. The minimum atomic E-state index is -4.58. The number of carbonyl (C=O) groups is 2. The van der Waals surface area contributed by atoms with Gasteiger partial charge in [0.25, 0.3) is 0 Å². The molecular weight excluding hydrogens is 502 g/mol. The van der Waals surface area contributed by atoms with E-state index in [0.717, 1.165) is 6.92 Å². The van der Waals surface area contributed by atoms with Crippen molar-refractivity contribution in [2.45, 2.75) is 64.7 Å². The zero-order valence-electron chi connectivity index (χ0n) is 19.9. The number of benzene rings is 2. The first-order valence-electron chi connectivity index (χ1n) is 11.3. The normalized spacial score (nSPS) is 16.8. The number of carbonyl (C=O) groups excluding carboxylic acids is 2. The van der Waals surface area contributed by atoms with E-state index in [0.29, 0.717) is 40.6 Å². The average molecular weight is 530 g/mol. The van der Waals surface area contributed by atoms with Gasteiger partial charge in [-0.25, -0.2) is 0 Å². The maximum Gasteiger partial charge on any atom is 0.392 e. The van der Waals surface area contributed by atoms with Crippen molar-refractivity contribution in [2.24, 2.45) is 11.3 Å². The second-order valence-corrected chi connectivity index (χ2v) is 11.0.